The van der Waals surface area contributed by atoms with Gasteiger partial charge in [0.1, 0.15) is 0 Å². The predicted molar refractivity (Wildman–Crippen MR) is 57.2 cm³/mol. The van der Waals surface area contributed by atoms with Gasteiger partial charge in [-0.1, -0.05) is 0 Å². The van der Waals surface area contributed by atoms with Gasteiger partial charge in [0.2, 0.25) is 5.91 Å². The van der Waals surface area contributed by atoms with Crippen molar-refractivity contribution in [3.63, 3.8) is 0 Å². The van der Waals surface area contributed by atoms with Crippen LogP contribution in [0, 0.1) is 0 Å². The summed E-state index contributed by atoms with van der Waals surface area (Å²) in [6.07, 6.45) is 2.45. The van der Waals surface area contributed by atoms with Crippen molar-refractivity contribution in [2.75, 3.05) is 27.2 Å². The number of hydrogen-bond donors (Lipinski definition) is 2. The summed E-state index contributed by atoms with van der Waals surface area (Å²) < 4.78 is 0. The molecule has 4 heteroatoms. The Balaban J connectivity index is 2.22. The number of nitrogens with one attached hydrogen (secondary N) is 2. The van der Waals surface area contributed by atoms with Gasteiger partial charge in [0.25, 0.3) is 0 Å². The summed E-state index contributed by atoms with van der Waals surface area (Å²) in [4.78, 5) is 13.8. The average molecular weight is 199 g/mol. The van der Waals surface area contributed by atoms with Gasteiger partial charge in [0.05, 0.1) is 6.04 Å². The zero-order valence-electron chi connectivity index (χ0n) is 9.34. The second-order valence-electron chi connectivity index (χ2n) is 4.03. The van der Waals surface area contributed by atoms with Gasteiger partial charge in [-0.05, 0) is 40.4 Å². The lowest BCUT2D eigenvalue weighted by Crippen LogP contribution is -2.45. The van der Waals surface area contributed by atoms with E-state index >= 15 is 0 Å². The van der Waals surface area contributed by atoms with E-state index in [0.29, 0.717) is 6.04 Å². The van der Waals surface area contributed by atoms with Crippen molar-refractivity contribution in [1.29, 1.82) is 0 Å². The van der Waals surface area contributed by atoms with E-state index in [1.165, 1.54) is 12.8 Å². The van der Waals surface area contributed by atoms with E-state index in [1.54, 1.807) is 7.05 Å². The van der Waals surface area contributed by atoms with Crippen LogP contribution in [0.4, 0.5) is 0 Å². The molecule has 0 spiro atoms. The molecule has 4 nitrogen and oxygen atoms in total. The van der Waals surface area contributed by atoms with Gasteiger partial charge in [0, 0.05) is 12.6 Å². The molecular weight excluding hydrogens is 178 g/mol. The molecule has 0 saturated carbocycles. The van der Waals surface area contributed by atoms with E-state index in [9.17, 15) is 4.79 Å². The highest BCUT2D eigenvalue weighted by molar-refractivity contribution is 5.81. The van der Waals surface area contributed by atoms with Gasteiger partial charge < -0.3 is 15.5 Å². The molecule has 1 aliphatic rings. The van der Waals surface area contributed by atoms with Gasteiger partial charge in [0.15, 0.2) is 0 Å². The monoisotopic (exact) mass is 199 g/mol. The molecule has 2 unspecified atom stereocenters. The van der Waals surface area contributed by atoms with E-state index in [4.69, 9.17) is 0 Å². The first-order chi connectivity index (χ1) is 6.65. The zero-order chi connectivity index (χ0) is 10.6. The Hall–Kier alpha value is -0.610. The van der Waals surface area contributed by atoms with Crippen LogP contribution in [0.3, 0.4) is 0 Å². The van der Waals surface area contributed by atoms with Crippen molar-refractivity contribution in [2.45, 2.75) is 31.8 Å². The SMILES string of the molecule is CNC(C)C(=O)NCC1CCCN1C. The largest absolute Gasteiger partial charge is 0.353 e. The maximum absolute atomic E-state index is 11.4. The Morgan fingerprint density at radius 2 is 2.36 bits per heavy atom. The van der Waals surface area contributed by atoms with Crippen molar-refractivity contribution in [3.05, 3.63) is 0 Å². The summed E-state index contributed by atoms with van der Waals surface area (Å²) in [7, 11) is 3.91. The number of likely N-dealkylation sites (tertiary alicyclic amines) is 1. The second-order valence-corrected chi connectivity index (χ2v) is 4.03. The molecular formula is C10H21N3O. The first-order valence-electron chi connectivity index (χ1n) is 5.30. The highest BCUT2D eigenvalue weighted by atomic mass is 16.2. The van der Waals surface area contributed by atoms with E-state index in [2.05, 4.69) is 22.6 Å². The Morgan fingerprint density at radius 3 is 2.86 bits per heavy atom. The molecule has 1 rings (SSSR count). The van der Waals surface area contributed by atoms with Crippen LogP contribution in [0.1, 0.15) is 19.8 Å². The summed E-state index contributed by atoms with van der Waals surface area (Å²) in [6.45, 7) is 3.80. The molecule has 1 amide bonds. The molecule has 0 radical (unpaired) electrons. The average Bonchev–Trinajstić information content (AvgIpc) is 2.59. The van der Waals surface area contributed by atoms with Crippen LogP contribution in [0.5, 0.6) is 0 Å². The van der Waals surface area contributed by atoms with Crippen LogP contribution in [-0.4, -0.2) is 50.1 Å². The summed E-state index contributed by atoms with van der Waals surface area (Å²) >= 11 is 0. The highest BCUT2D eigenvalue weighted by Gasteiger charge is 2.21. The lowest BCUT2D eigenvalue weighted by Gasteiger charge is -2.20. The van der Waals surface area contributed by atoms with Crippen molar-refractivity contribution < 1.29 is 4.79 Å². The molecule has 0 aromatic rings. The third-order valence-corrected chi connectivity index (χ3v) is 3.01. The minimum atomic E-state index is -0.0956. The Bertz CT molecular complexity index is 196. The quantitative estimate of drug-likeness (QED) is 0.659. The smallest absolute Gasteiger partial charge is 0.236 e. The lowest BCUT2D eigenvalue weighted by molar-refractivity contribution is -0.122. The molecule has 2 atom stereocenters. The standard InChI is InChI=1S/C10H21N3O/c1-8(11-2)10(14)12-7-9-5-4-6-13(9)3/h8-9,11H,4-7H2,1-3H3,(H,12,14). The highest BCUT2D eigenvalue weighted by Crippen LogP contribution is 2.13. The predicted octanol–water partition coefficient (Wildman–Crippen LogP) is -0.195. The number of amides is 1. The van der Waals surface area contributed by atoms with Crippen molar-refractivity contribution in [3.8, 4) is 0 Å². The van der Waals surface area contributed by atoms with Gasteiger partial charge in [-0.25, -0.2) is 0 Å². The number of hydrogen-bond acceptors (Lipinski definition) is 3. The normalized spacial score (nSPS) is 24.9. The third kappa shape index (κ3) is 2.96. The summed E-state index contributed by atoms with van der Waals surface area (Å²) in [5.74, 6) is 0.0906. The summed E-state index contributed by atoms with van der Waals surface area (Å²) in [5.41, 5.74) is 0. The van der Waals surface area contributed by atoms with Crippen molar-refractivity contribution in [1.82, 2.24) is 15.5 Å². The number of nitrogens with zero attached hydrogens (tertiary/aromatic N) is 1. The fraction of sp³-hybridized carbons (Fsp3) is 0.900. The van der Waals surface area contributed by atoms with Crippen LogP contribution in [0.25, 0.3) is 0 Å². The fourth-order valence-electron chi connectivity index (χ4n) is 1.74. The van der Waals surface area contributed by atoms with Gasteiger partial charge in [-0.2, -0.15) is 0 Å². The van der Waals surface area contributed by atoms with Crippen molar-refractivity contribution in [2.24, 2.45) is 0 Å². The maximum atomic E-state index is 11.4. The Kier molecular flexibility index (Phi) is 4.35. The molecule has 1 saturated heterocycles. The van der Waals surface area contributed by atoms with E-state index in [1.807, 2.05) is 6.92 Å². The molecule has 0 aromatic carbocycles. The van der Waals surface area contributed by atoms with Crippen LogP contribution < -0.4 is 10.6 Å². The fourth-order valence-corrected chi connectivity index (χ4v) is 1.74. The van der Waals surface area contributed by atoms with E-state index < -0.39 is 0 Å². The number of likely N-dealkylation sites (N-methyl/N-ethyl adjacent to an activating group) is 2. The maximum Gasteiger partial charge on any atom is 0.236 e. The second kappa shape index (κ2) is 5.32. The van der Waals surface area contributed by atoms with Gasteiger partial charge in [-0.3, -0.25) is 4.79 Å². The van der Waals surface area contributed by atoms with E-state index in [0.717, 1.165) is 13.1 Å². The summed E-state index contributed by atoms with van der Waals surface area (Å²) in [5, 5.41) is 5.89. The number of rotatable bonds is 4. The molecule has 0 bridgehead atoms. The summed E-state index contributed by atoms with van der Waals surface area (Å²) in [6, 6.07) is 0.435. The molecule has 0 aliphatic carbocycles. The van der Waals surface area contributed by atoms with Crippen LogP contribution >= 0.6 is 0 Å². The van der Waals surface area contributed by atoms with Gasteiger partial charge >= 0.3 is 0 Å². The third-order valence-electron chi connectivity index (χ3n) is 3.01. The Morgan fingerprint density at radius 1 is 1.64 bits per heavy atom. The van der Waals surface area contributed by atoms with Crippen LogP contribution in [0.15, 0.2) is 0 Å². The van der Waals surface area contributed by atoms with Crippen molar-refractivity contribution >= 4 is 5.91 Å². The molecule has 2 N–H and O–H groups in total. The number of carbonyl (C=O) groups is 1. The number of carbonyl (C=O) groups excluding carboxylic acids is 1. The first-order valence-corrected chi connectivity index (χ1v) is 5.30. The first kappa shape index (κ1) is 11.5. The van der Waals surface area contributed by atoms with Crippen LogP contribution in [-0.2, 0) is 4.79 Å². The molecule has 14 heavy (non-hydrogen) atoms. The minimum Gasteiger partial charge on any atom is -0.353 e. The van der Waals surface area contributed by atoms with Crippen LogP contribution in [0.2, 0.25) is 0 Å². The molecule has 82 valence electrons. The molecule has 1 aliphatic heterocycles. The Labute approximate surface area is 86.0 Å². The molecule has 0 aromatic heterocycles. The van der Waals surface area contributed by atoms with Gasteiger partial charge in [-0.15, -0.1) is 0 Å². The molecule has 1 heterocycles. The minimum absolute atomic E-state index is 0.0906. The van der Waals surface area contributed by atoms with E-state index in [-0.39, 0.29) is 11.9 Å². The lowest BCUT2D eigenvalue weighted by atomic mass is 10.2. The topological polar surface area (TPSA) is 44.4 Å². The molecule has 1 fully saturated rings. The zero-order valence-corrected chi connectivity index (χ0v) is 9.34.